The van der Waals surface area contributed by atoms with Crippen LogP contribution < -0.4 is 10.1 Å². The molecule has 2 rings (SSSR count). The van der Waals surface area contributed by atoms with Crippen molar-refractivity contribution in [3.63, 3.8) is 0 Å². The van der Waals surface area contributed by atoms with Crippen LogP contribution in [0.3, 0.4) is 0 Å². The fraction of sp³-hybridized carbons (Fsp3) is 0.458. The third kappa shape index (κ3) is 10.1. The molecule has 0 aliphatic carbocycles. The molecule has 0 radical (unpaired) electrons. The molecular weight excluding hydrogens is 350 g/mol. The maximum Gasteiger partial charge on any atom is 0.304 e. The minimum absolute atomic E-state index is 0.162. The summed E-state index contributed by atoms with van der Waals surface area (Å²) in [5, 5.41) is 11.8. The van der Waals surface area contributed by atoms with Crippen LogP contribution in [0, 0.1) is 0 Å². The van der Waals surface area contributed by atoms with E-state index in [1.165, 1.54) is 43.2 Å². The van der Waals surface area contributed by atoms with E-state index < -0.39 is 5.97 Å². The van der Waals surface area contributed by atoms with E-state index in [0.717, 1.165) is 31.7 Å². The van der Waals surface area contributed by atoms with Crippen LogP contribution in [-0.4, -0.2) is 30.8 Å². The average molecular weight is 384 g/mol. The molecule has 0 spiro atoms. The molecule has 0 aliphatic heterocycles. The normalized spacial score (nSPS) is 10.7. The fourth-order valence-corrected chi connectivity index (χ4v) is 3.14. The molecule has 28 heavy (non-hydrogen) atoms. The Labute approximate surface area is 168 Å². The number of nitrogens with one attached hydrogen (secondary N) is 1. The number of carboxylic acids is 1. The molecule has 0 heterocycles. The topological polar surface area (TPSA) is 58.6 Å². The molecule has 0 aromatic heterocycles. The van der Waals surface area contributed by atoms with Gasteiger partial charge in [0.25, 0.3) is 0 Å². The summed E-state index contributed by atoms with van der Waals surface area (Å²) in [6, 6.07) is 18.9. The van der Waals surface area contributed by atoms with Gasteiger partial charge in [0.05, 0.1) is 13.0 Å². The number of hydrogen-bond acceptors (Lipinski definition) is 3. The summed E-state index contributed by atoms with van der Waals surface area (Å²) in [7, 11) is 0. The molecule has 4 nitrogen and oxygen atoms in total. The summed E-state index contributed by atoms with van der Waals surface area (Å²) in [5.41, 5.74) is 2.64. The van der Waals surface area contributed by atoms with Gasteiger partial charge in [0.15, 0.2) is 0 Å². The Balaban J connectivity index is 1.50. The molecule has 152 valence electrons. The number of aryl methyl sites for hydroxylation is 1. The van der Waals surface area contributed by atoms with Gasteiger partial charge in [0.1, 0.15) is 5.75 Å². The molecule has 0 fully saturated rings. The lowest BCUT2D eigenvalue weighted by molar-refractivity contribution is -0.136. The summed E-state index contributed by atoms with van der Waals surface area (Å²) < 4.78 is 5.88. The minimum Gasteiger partial charge on any atom is -0.494 e. The number of aliphatic carboxylic acids is 1. The Morgan fingerprint density at radius 2 is 1.57 bits per heavy atom. The molecule has 0 bridgehead atoms. The zero-order chi connectivity index (χ0) is 19.9. The number of carbonyl (C=O) groups is 1. The standard InChI is InChI=1S/C24H33NO3/c26-24(27)16-18-25-17-15-22-13-9-14-23(20-22)28-19-8-3-1-2-5-10-21-11-6-4-7-12-21/h4,6-7,9,11-14,20,25H,1-3,5,8,10,15-19H2,(H,26,27). The SMILES string of the molecule is O=C(O)CCNCCc1cccc(OCCCCCCCc2ccccc2)c1. The first-order chi connectivity index (χ1) is 13.7. The van der Waals surface area contributed by atoms with Gasteiger partial charge in [0, 0.05) is 6.54 Å². The highest BCUT2D eigenvalue weighted by molar-refractivity contribution is 5.66. The predicted octanol–water partition coefficient (Wildman–Crippen LogP) is 4.87. The van der Waals surface area contributed by atoms with Crippen LogP contribution in [0.15, 0.2) is 54.6 Å². The number of benzene rings is 2. The third-order valence-electron chi connectivity index (χ3n) is 4.73. The highest BCUT2D eigenvalue weighted by atomic mass is 16.5. The van der Waals surface area contributed by atoms with Crippen LogP contribution in [-0.2, 0) is 17.6 Å². The Hall–Kier alpha value is -2.33. The lowest BCUT2D eigenvalue weighted by atomic mass is 10.1. The maximum atomic E-state index is 10.5. The molecule has 2 aromatic rings. The smallest absolute Gasteiger partial charge is 0.304 e. The van der Waals surface area contributed by atoms with E-state index in [4.69, 9.17) is 9.84 Å². The monoisotopic (exact) mass is 383 g/mol. The van der Waals surface area contributed by atoms with Crippen molar-refractivity contribution in [3.8, 4) is 5.75 Å². The minimum atomic E-state index is -0.765. The Bertz CT molecular complexity index is 673. The van der Waals surface area contributed by atoms with Gasteiger partial charge in [-0.25, -0.2) is 0 Å². The highest BCUT2D eigenvalue weighted by Gasteiger charge is 2.00. The molecule has 0 saturated carbocycles. The van der Waals surface area contributed by atoms with E-state index >= 15 is 0 Å². The van der Waals surface area contributed by atoms with Gasteiger partial charge in [-0.2, -0.15) is 0 Å². The van der Waals surface area contributed by atoms with Crippen molar-refractivity contribution >= 4 is 5.97 Å². The quantitative estimate of drug-likeness (QED) is 0.431. The van der Waals surface area contributed by atoms with Crippen molar-refractivity contribution in [2.24, 2.45) is 0 Å². The first-order valence-electron chi connectivity index (χ1n) is 10.4. The molecule has 2 N–H and O–H groups in total. The first kappa shape index (κ1) is 22.0. The Kier molecular flexibility index (Phi) is 10.8. The summed E-state index contributed by atoms with van der Waals surface area (Å²) in [6.07, 6.45) is 8.31. The van der Waals surface area contributed by atoms with Crippen LogP contribution in [0.5, 0.6) is 5.75 Å². The average Bonchev–Trinajstić information content (AvgIpc) is 2.70. The van der Waals surface area contributed by atoms with Crippen LogP contribution in [0.25, 0.3) is 0 Å². The second kappa shape index (κ2) is 13.8. The van der Waals surface area contributed by atoms with Gasteiger partial charge in [-0.05, 0) is 55.5 Å². The molecule has 0 amide bonds. The Morgan fingerprint density at radius 3 is 2.39 bits per heavy atom. The summed E-state index contributed by atoms with van der Waals surface area (Å²) in [6.45, 7) is 2.05. The molecule has 0 aliphatic rings. The van der Waals surface area contributed by atoms with Crippen LogP contribution in [0.4, 0.5) is 0 Å². The molecule has 0 unspecified atom stereocenters. The van der Waals surface area contributed by atoms with E-state index in [-0.39, 0.29) is 6.42 Å². The number of hydrogen-bond donors (Lipinski definition) is 2. The van der Waals surface area contributed by atoms with E-state index in [1.54, 1.807) is 0 Å². The lowest BCUT2D eigenvalue weighted by Gasteiger charge is -2.09. The second-order valence-electron chi connectivity index (χ2n) is 7.14. The van der Waals surface area contributed by atoms with Crippen molar-refractivity contribution in [2.75, 3.05) is 19.7 Å². The van der Waals surface area contributed by atoms with Crippen LogP contribution in [0.1, 0.15) is 49.7 Å². The van der Waals surface area contributed by atoms with Gasteiger partial charge in [-0.3, -0.25) is 4.79 Å². The number of ether oxygens (including phenoxy) is 1. The predicted molar refractivity (Wildman–Crippen MR) is 114 cm³/mol. The van der Waals surface area contributed by atoms with Crippen molar-refractivity contribution < 1.29 is 14.6 Å². The van der Waals surface area contributed by atoms with Gasteiger partial charge in [-0.15, -0.1) is 0 Å². The third-order valence-corrected chi connectivity index (χ3v) is 4.73. The molecular formula is C24H33NO3. The highest BCUT2D eigenvalue weighted by Crippen LogP contribution is 2.15. The number of rotatable bonds is 15. The maximum absolute atomic E-state index is 10.5. The fourth-order valence-electron chi connectivity index (χ4n) is 3.14. The van der Waals surface area contributed by atoms with Gasteiger partial charge < -0.3 is 15.2 Å². The Morgan fingerprint density at radius 1 is 0.821 bits per heavy atom. The van der Waals surface area contributed by atoms with E-state index in [2.05, 4.69) is 47.8 Å². The van der Waals surface area contributed by atoms with Crippen LogP contribution in [0.2, 0.25) is 0 Å². The largest absolute Gasteiger partial charge is 0.494 e. The molecule has 0 saturated heterocycles. The van der Waals surface area contributed by atoms with Crippen molar-refractivity contribution in [1.29, 1.82) is 0 Å². The molecule has 2 aromatic carbocycles. The number of unbranched alkanes of at least 4 members (excludes halogenated alkanes) is 4. The van der Waals surface area contributed by atoms with E-state index in [0.29, 0.717) is 6.54 Å². The summed E-state index contributed by atoms with van der Waals surface area (Å²) in [5.74, 6) is 0.159. The summed E-state index contributed by atoms with van der Waals surface area (Å²) in [4.78, 5) is 10.5. The van der Waals surface area contributed by atoms with Crippen molar-refractivity contribution in [2.45, 2.75) is 51.4 Å². The van der Waals surface area contributed by atoms with E-state index in [9.17, 15) is 4.79 Å². The first-order valence-corrected chi connectivity index (χ1v) is 10.4. The lowest BCUT2D eigenvalue weighted by Crippen LogP contribution is -2.20. The van der Waals surface area contributed by atoms with Gasteiger partial charge >= 0.3 is 5.97 Å². The zero-order valence-electron chi connectivity index (χ0n) is 16.7. The van der Waals surface area contributed by atoms with Crippen molar-refractivity contribution in [3.05, 3.63) is 65.7 Å². The van der Waals surface area contributed by atoms with Gasteiger partial charge in [0.2, 0.25) is 0 Å². The van der Waals surface area contributed by atoms with Gasteiger partial charge in [-0.1, -0.05) is 61.7 Å². The molecule has 0 atom stereocenters. The van der Waals surface area contributed by atoms with E-state index in [1.807, 2.05) is 12.1 Å². The zero-order valence-corrected chi connectivity index (χ0v) is 16.7. The van der Waals surface area contributed by atoms with Crippen LogP contribution >= 0.6 is 0 Å². The molecule has 4 heteroatoms. The van der Waals surface area contributed by atoms with Crippen molar-refractivity contribution in [1.82, 2.24) is 5.32 Å². The summed E-state index contributed by atoms with van der Waals surface area (Å²) >= 11 is 0. The second-order valence-corrected chi connectivity index (χ2v) is 7.14. The number of carboxylic acid groups (broad SMARTS) is 1.